The van der Waals surface area contributed by atoms with E-state index < -0.39 is 44.0 Å². The molecule has 0 radical (unpaired) electrons. The van der Waals surface area contributed by atoms with Gasteiger partial charge in [-0.1, -0.05) is 20.8 Å². The fourth-order valence-corrected chi connectivity index (χ4v) is 7.41. The molecule has 0 saturated carbocycles. The number of ether oxygens (including phenoxy) is 3. The number of nitrogens with zero attached hydrogens (tertiary/aromatic N) is 6. The third-order valence-electron chi connectivity index (χ3n) is 11.2. The maximum Gasteiger partial charge on any atom is 0.417 e. The molecule has 0 spiro atoms. The number of aromatic nitrogens is 4. The fraction of sp³-hybridized carbons (Fsp3) is 0.500. The van der Waals surface area contributed by atoms with E-state index >= 15 is 0 Å². The maximum atomic E-state index is 12.7. The number of alkyl halides is 6. The minimum atomic E-state index is -4.41. The Labute approximate surface area is 392 Å². The molecule has 7 heterocycles. The topological polar surface area (TPSA) is 173 Å². The normalized spacial score (nSPS) is 16.0. The van der Waals surface area contributed by atoms with Crippen molar-refractivity contribution < 1.29 is 59.7 Å². The van der Waals surface area contributed by atoms with Crippen molar-refractivity contribution in [3.8, 4) is 11.5 Å². The molecule has 23 heteroatoms. The van der Waals surface area contributed by atoms with E-state index in [-0.39, 0.29) is 41.2 Å². The van der Waals surface area contributed by atoms with Gasteiger partial charge in [-0.05, 0) is 79.5 Å². The predicted molar refractivity (Wildman–Crippen MR) is 244 cm³/mol. The van der Waals surface area contributed by atoms with Gasteiger partial charge in [0.05, 0.1) is 23.5 Å². The molecular weight excluding hydrogens is 930 g/mol. The standard InChI is InChI=1S/C23H31F3N4O3Si.C17H17F3N4O3.C4H8O.ClH/c1-22(2,3)34(4,5)33-18-7-8-19(27-15-18)29-21(31)32-17-10-12-30(13-11-17)20-9-6-16(14-28-20)23(24,25)26;18-17(19,20)11-1-4-15(22-9-11)24-7-5-13(6-8-24)27-16(26)23-14-3-2-12(25)10-21-14;1-2-4-5-3-1;/h6-9,14-15,17H,10-13H2,1-5H3,(H,27,29,31);1-4,9-10,13,25H,5-8H2,(H,21,23,26);1-4H2;1H. The smallest absolute Gasteiger partial charge is 0.417 e. The van der Waals surface area contributed by atoms with Gasteiger partial charge in [0, 0.05) is 77.5 Å². The number of rotatable bonds is 8. The summed E-state index contributed by atoms with van der Waals surface area (Å²) >= 11 is 0. The average molecular weight is 988 g/mol. The van der Waals surface area contributed by atoms with Crippen LogP contribution in [0.15, 0.2) is 73.3 Å². The van der Waals surface area contributed by atoms with Crippen molar-refractivity contribution in [1.82, 2.24) is 19.9 Å². The van der Waals surface area contributed by atoms with E-state index in [4.69, 9.17) is 23.7 Å². The molecule has 0 aromatic carbocycles. The van der Waals surface area contributed by atoms with Crippen LogP contribution in [-0.4, -0.2) is 97.1 Å². The van der Waals surface area contributed by atoms with Crippen LogP contribution in [0.1, 0.15) is 70.4 Å². The number of aromatic hydroxyl groups is 1. The van der Waals surface area contributed by atoms with Crippen LogP contribution in [0.5, 0.6) is 11.5 Å². The largest absolute Gasteiger partial charge is 0.542 e. The molecule has 0 unspecified atom stereocenters. The highest BCUT2D eigenvalue weighted by atomic mass is 35.5. The van der Waals surface area contributed by atoms with Crippen molar-refractivity contribution in [1.29, 1.82) is 0 Å². The third-order valence-corrected chi connectivity index (χ3v) is 15.5. The Kier molecular flexibility index (Phi) is 19.3. The molecule has 0 atom stereocenters. The number of anilines is 4. The van der Waals surface area contributed by atoms with Crippen molar-refractivity contribution in [3.63, 3.8) is 0 Å². The molecule has 67 heavy (non-hydrogen) atoms. The number of hydrogen-bond acceptors (Lipinski definition) is 13. The second kappa shape index (κ2) is 23.9. The van der Waals surface area contributed by atoms with E-state index in [1.165, 1.54) is 43.3 Å². The van der Waals surface area contributed by atoms with Gasteiger partial charge in [-0.15, -0.1) is 12.4 Å². The molecule has 4 aromatic heterocycles. The zero-order valence-electron chi connectivity index (χ0n) is 37.8. The minimum absolute atomic E-state index is 0. The fourth-order valence-electron chi connectivity index (χ4n) is 6.39. The zero-order chi connectivity index (χ0) is 48.1. The monoisotopic (exact) mass is 986 g/mol. The van der Waals surface area contributed by atoms with E-state index in [0.29, 0.717) is 75.1 Å². The number of pyridine rings is 4. The Hall–Kier alpha value is -5.61. The Morgan fingerprint density at radius 1 is 0.657 bits per heavy atom. The SMILES string of the molecule is C1CCOC1.CC(C)(C)[Si](C)(C)Oc1ccc(NC(=O)OC2CCN(c3ccc(C(F)(F)F)cn3)CC2)nc1.Cl.O=C(Nc1ccc(O)cn1)OC1CCN(c2ccc(C(F)(F)F)cn2)CC1. The maximum absolute atomic E-state index is 12.7. The first-order chi connectivity index (χ1) is 31.1. The molecule has 368 valence electrons. The molecule has 4 aromatic rings. The first-order valence-electron chi connectivity index (χ1n) is 21.5. The summed E-state index contributed by atoms with van der Waals surface area (Å²) in [7, 11) is -1.98. The van der Waals surface area contributed by atoms with Crippen LogP contribution in [0.4, 0.5) is 59.2 Å². The van der Waals surface area contributed by atoms with Gasteiger partial charge in [-0.25, -0.2) is 29.5 Å². The lowest BCUT2D eigenvalue weighted by Crippen LogP contribution is -2.43. The number of hydrogen-bond donors (Lipinski definition) is 3. The number of nitrogens with one attached hydrogen (secondary N) is 2. The van der Waals surface area contributed by atoms with E-state index in [0.717, 1.165) is 37.7 Å². The van der Waals surface area contributed by atoms with Crippen molar-refractivity contribution in [2.45, 2.75) is 102 Å². The molecule has 3 N–H and O–H groups in total. The van der Waals surface area contributed by atoms with Gasteiger partial charge in [0.25, 0.3) is 8.32 Å². The summed E-state index contributed by atoms with van der Waals surface area (Å²) in [6.45, 7) is 14.8. The predicted octanol–water partition coefficient (Wildman–Crippen LogP) is 10.7. The lowest BCUT2D eigenvalue weighted by molar-refractivity contribution is -0.138. The molecule has 3 aliphatic heterocycles. The van der Waals surface area contributed by atoms with Crippen LogP contribution in [-0.2, 0) is 26.6 Å². The highest BCUT2D eigenvalue weighted by Gasteiger charge is 2.39. The van der Waals surface area contributed by atoms with E-state index in [1.54, 1.807) is 18.3 Å². The van der Waals surface area contributed by atoms with E-state index in [9.17, 15) is 35.9 Å². The van der Waals surface area contributed by atoms with Gasteiger partial charge in [0.1, 0.15) is 47.0 Å². The number of halogens is 7. The molecule has 3 aliphatic rings. The highest BCUT2D eigenvalue weighted by molar-refractivity contribution is 6.74. The molecular formula is C44H57ClF6N8O7Si. The summed E-state index contributed by atoms with van der Waals surface area (Å²) in [5.74, 6) is 2.19. The van der Waals surface area contributed by atoms with Crippen LogP contribution >= 0.6 is 12.4 Å². The minimum Gasteiger partial charge on any atom is -0.542 e. The van der Waals surface area contributed by atoms with Crippen LogP contribution < -0.4 is 24.9 Å². The lowest BCUT2D eigenvalue weighted by atomic mass is 10.1. The molecule has 0 bridgehead atoms. The zero-order valence-corrected chi connectivity index (χ0v) is 39.6. The number of piperidine rings is 2. The molecule has 15 nitrogen and oxygen atoms in total. The average Bonchev–Trinajstić information content (AvgIpc) is 3.86. The Bertz CT molecular complexity index is 2130. The first-order valence-corrected chi connectivity index (χ1v) is 24.4. The van der Waals surface area contributed by atoms with Gasteiger partial charge in [0.15, 0.2) is 0 Å². The summed E-state index contributed by atoms with van der Waals surface area (Å²) in [5.41, 5.74) is -1.57. The number of carbonyl (C=O) groups excluding carboxylic acids is 2. The summed E-state index contributed by atoms with van der Waals surface area (Å²) in [4.78, 5) is 43.8. The van der Waals surface area contributed by atoms with E-state index in [1.807, 2.05) is 9.80 Å². The molecule has 3 saturated heterocycles. The lowest BCUT2D eigenvalue weighted by Gasteiger charge is -2.36. The second-order valence-electron chi connectivity index (χ2n) is 17.2. The van der Waals surface area contributed by atoms with Crippen LogP contribution in [0.25, 0.3) is 0 Å². The highest BCUT2D eigenvalue weighted by Crippen LogP contribution is 2.37. The van der Waals surface area contributed by atoms with Gasteiger partial charge in [-0.2, -0.15) is 26.3 Å². The summed E-state index contributed by atoms with van der Waals surface area (Å²) < 4.78 is 97.8. The number of amides is 2. The third kappa shape index (κ3) is 17.2. The molecule has 3 fully saturated rings. The van der Waals surface area contributed by atoms with Crippen molar-refractivity contribution >= 4 is 56.2 Å². The van der Waals surface area contributed by atoms with Gasteiger partial charge in [-0.3, -0.25) is 10.6 Å². The quantitative estimate of drug-likeness (QED) is 0.113. The summed E-state index contributed by atoms with van der Waals surface area (Å²) in [6, 6.07) is 11.0. The Morgan fingerprint density at radius 3 is 1.40 bits per heavy atom. The Morgan fingerprint density at radius 2 is 1.09 bits per heavy atom. The molecule has 7 rings (SSSR count). The summed E-state index contributed by atoms with van der Waals surface area (Å²) in [5, 5.41) is 14.3. The van der Waals surface area contributed by atoms with Crippen molar-refractivity contribution in [3.05, 3.63) is 84.4 Å². The van der Waals surface area contributed by atoms with Crippen LogP contribution in [0.2, 0.25) is 18.1 Å². The van der Waals surface area contributed by atoms with Gasteiger partial charge in [0.2, 0.25) is 0 Å². The summed E-state index contributed by atoms with van der Waals surface area (Å²) in [6.07, 6.45) is -1.55. The Balaban J connectivity index is 0.000000266. The van der Waals surface area contributed by atoms with Crippen molar-refractivity contribution in [2.75, 3.05) is 59.8 Å². The van der Waals surface area contributed by atoms with E-state index in [2.05, 4.69) is 64.4 Å². The second-order valence-corrected chi connectivity index (χ2v) is 21.9. The van der Waals surface area contributed by atoms with Crippen LogP contribution in [0, 0.1) is 0 Å². The number of carbonyl (C=O) groups is 2. The van der Waals surface area contributed by atoms with Crippen LogP contribution in [0.3, 0.4) is 0 Å². The molecule has 0 aliphatic carbocycles. The van der Waals surface area contributed by atoms with Gasteiger partial charge >= 0.3 is 24.5 Å². The van der Waals surface area contributed by atoms with Crippen molar-refractivity contribution in [2.24, 2.45) is 0 Å². The first kappa shape index (κ1) is 54.0. The van der Waals surface area contributed by atoms with Gasteiger partial charge < -0.3 is 33.5 Å². The molecule has 2 amide bonds.